The molecule has 1 aliphatic rings. The van der Waals surface area contributed by atoms with Gasteiger partial charge in [0.2, 0.25) is 0 Å². The van der Waals surface area contributed by atoms with E-state index in [0.29, 0.717) is 12.4 Å². The van der Waals surface area contributed by atoms with Gasteiger partial charge in [0.15, 0.2) is 0 Å². The van der Waals surface area contributed by atoms with Gasteiger partial charge in [-0.1, -0.05) is 64.9 Å². The highest BCUT2D eigenvalue weighted by atomic mass is 16.5. The Kier molecular flexibility index (Phi) is 14.1. The number of esters is 2. The molecule has 0 saturated heterocycles. The molecule has 1 aromatic rings. The van der Waals surface area contributed by atoms with E-state index < -0.39 is 0 Å². The summed E-state index contributed by atoms with van der Waals surface area (Å²) in [6, 6.07) is 7.42. The monoisotopic (exact) mass is 472 g/mol. The molecule has 0 spiro atoms. The highest BCUT2D eigenvalue weighted by Crippen LogP contribution is 2.30. The highest BCUT2D eigenvalue weighted by Gasteiger charge is 2.25. The van der Waals surface area contributed by atoms with Crippen LogP contribution in [0.2, 0.25) is 0 Å². The van der Waals surface area contributed by atoms with Gasteiger partial charge in [-0.25, -0.2) is 4.79 Å². The highest BCUT2D eigenvalue weighted by molar-refractivity contribution is 5.81. The molecule has 0 aromatic heterocycles. The maximum atomic E-state index is 12.3. The van der Waals surface area contributed by atoms with E-state index in [2.05, 4.69) is 13.5 Å². The Morgan fingerprint density at radius 1 is 0.794 bits per heavy atom. The van der Waals surface area contributed by atoms with Gasteiger partial charge in [-0.2, -0.15) is 0 Å². The molecule has 0 atom stereocenters. The van der Waals surface area contributed by atoms with Crippen molar-refractivity contribution in [2.75, 3.05) is 13.2 Å². The van der Waals surface area contributed by atoms with Crippen LogP contribution in [-0.2, 0) is 14.3 Å². The number of hydrogen-bond acceptors (Lipinski definition) is 5. The zero-order valence-corrected chi connectivity index (χ0v) is 21.1. The van der Waals surface area contributed by atoms with Crippen molar-refractivity contribution in [3.8, 4) is 11.5 Å². The molecule has 1 fully saturated rings. The summed E-state index contributed by atoms with van der Waals surface area (Å²) in [6.45, 7) is 6.86. The Morgan fingerprint density at radius 3 is 1.85 bits per heavy atom. The molecule has 0 heterocycles. The Morgan fingerprint density at radius 2 is 1.29 bits per heavy atom. The van der Waals surface area contributed by atoms with Gasteiger partial charge in [0.05, 0.1) is 19.1 Å². The van der Waals surface area contributed by atoms with Crippen molar-refractivity contribution in [2.45, 2.75) is 96.8 Å². The summed E-state index contributed by atoms with van der Waals surface area (Å²) in [4.78, 5) is 23.2. The average molecular weight is 473 g/mol. The minimum atomic E-state index is -0.328. The SMILES string of the molecule is C=CC(=O)OCCCCCCCCCCCCOc1ccc(OC(=O)[C@H]2CC[C@H](C)CC2)cc1. The van der Waals surface area contributed by atoms with E-state index in [-0.39, 0.29) is 17.9 Å². The van der Waals surface area contributed by atoms with Crippen LogP contribution in [0.4, 0.5) is 0 Å². The van der Waals surface area contributed by atoms with Crippen molar-refractivity contribution in [1.82, 2.24) is 0 Å². The minimum Gasteiger partial charge on any atom is -0.494 e. The summed E-state index contributed by atoms with van der Waals surface area (Å²) in [5.41, 5.74) is 0. The summed E-state index contributed by atoms with van der Waals surface area (Å²) in [5.74, 6) is 1.78. The standard InChI is InChI=1S/C29H44O5/c1-3-28(30)33-23-13-11-9-7-5-4-6-8-10-12-22-32-26-18-20-27(21-19-26)34-29(31)25-16-14-24(2)15-17-25/h3,18-21,24-25H,1,4-17,22-23H2,2H3/t24-,25-. The second-order valence-corrected chi connectivity index (χ2v) is 9.60. The van der Waals surface area contributed by atoms with Crippen molar-refractivity contribution in [3.05, 3.63) is 36.9 Å². The molecule has 0 bridgehead atoms. The molecule has 2 rings (SSSR count). The van der Waals surface area contributed by atoms with Crippen LogP contribution in [0.1, 0.15) is 96.8 Å². The summed E-state index contributed by atoms with van der Waals surface area (Å²) in [5, 5.41) is 0. The normalized spacial score (nSPS) is 17.7. The van der Waals surface area contributed by atoms with Crippen LogP contribution in [0.3, 0.4) is 0 Å². The van der Waals surface area contributed by atoms with Gasteiger partial charge < -0.3 is 14.2 Å². The molecule has 34 heavy (non-hydrogen) atoms. The Labute approximate surface area is 206 Å². The second-order valence-electron chi connectivity index (χ2n) is 9.60. The third kappa shape index (κ3) is 12.2. The van der Waals surface area contributed by atoms with Gasteiger partial charge in [0.25, 0.3) is 0 Å². The summed E-state index contributed by atoms with van der Waals surface area (Å²) < 4.78 is 16.4. The quantitative estimate of drug-likeness (QED) is 0.102. The molecule has 1 aliphatic carbocycles. The summed E-state index contributed by atoms with van der Waals surface area (Å²) >= 11 is 0. The predicted octanol–water partition coefficient (Wildman–Crippen LogP) is 7.43. The van der Waals surface area contributed by atoms with Crippen molar-refractivity contribution in [3.63, 3.8) is 0 Å². The lowest BCUT2D eigenvalue weighted by molar-refractivity contribution is -0.140. The lowest BCUT2D eigenvalue weighted by atomic mass is 9.83. The molecule has 0 N–H and O–H groups in total. The fourth-order valence-electron chi connectivity index (χ4n) is 4.34. The van der Waals surface area contributed by atoms with Gasteiger partial charge in [-0.3, -0.25) is 4.79 Å². The zero-order valence-electron chi connectivity index (χ0n) is 21.1. The van der Waals surface area contributed by atoms with E-state index in [1.165, 1.54) is 51.0 Å². The third-order valence-electron chi connectivity index (χ3n) is 6.61. The number of carbonyl (C=O) groups is 2. The number of benzene rings is 1. The predicted molar refractivity (Wildman–Crippen MR) is 136 cm³/mol. The molecule has 0 aliphatic heterocycles. The summed E-state index contributed by atoms with van der Waals surface area (Å²) in [7, 11) is 0. The van der Waals surface area contributed by atoms with E-state index in [0.717, 1.165) is 63.2 Å². The van der Waals surface area contributed by atoms with Gasteiger partial charge >= 0.3 is 11.9 Å². The van der Waals surface area contributed by atoms with Crippen molar-refractivity contribution >= 4 is 11.9 Å². The molecule has 5 nitrogen and oxygen atoms in total. The molecular weight excluding hydrogens is 428 g/mol. The summed E-state index contributed by atoms with van der Waals surface area (Å²) in [6.07, 6.45) is 17.2. The van der Waals surface area contributed by atoms with Crippen molar-refractivity contribution < 1.29 is 23.8 Å². The van der Waals surface area contributed by atoms with Crippen molar-refractivity contribution in [1.29, 1.82) is 0 Å². The first-order chi connectivity index (χ1) is 16.6. The van der Waals surface area contributed by atoms with Gasteiger partial charge in [-0.05, 0) is 68.7 Å². The zero-order chi connectivity index (χ0) is 24.4. The Hall–Kier alpha value is -2.30. The van der Waals surface area contributed by atoms with Crippen LogP contribution < -0.4 is 9.47 Å². The largest absolute Gasteiger partial charge is 0.494 e. The Bertz CT molecular complexity index is 704. The molecule has 0 radical (unpaired) electrons. The van der Waals surface area contributed by atoms with Crippen LogP contribution in [0.5, 0.6) is 11.5 Å². The van der Waals surface area contributed by atoms with Crippen LogP contribution in [0, 0.1) is 11.8 Å². The number of rotatable bonds is 17. The third-order valence-corrected chi connectivity index (χ3v) is 6.61. The average Bonchev–Trinajstić information content (AvgIpc) is 2.85. The first-order valence-electron chi connectivity index (χ1n) is 13.3. The fourth-order valence-corrected chi connectivity index (χ4v) is 4.34. The number of hydrogen-bond donors (Lipinski definition) is 0. The Balaban J connectivity index is 1.41. The van der Waals surface area contributed by atoms with Gasteiger partial charge in [-0.15, -0.1) is 0 Å². The van der Waals surface area contributed by atoms with Gasteiger partial charge in [0.1, 0.15) is 11.5 Å². The number of unbranched alkanes of at least 4 members (excludes halogenated alkanes) is 9. The maximum absolute atomic E-state index is 12.3. The second kappa shape index (κ2) is 17.2. The molecule has 5 heteroatoms. The molecule has 190 valence electrons. The van der Waals surface area contributed by atoms with E-state index in [1.807, 2.05) is 24.3 Å². The number of ether oxygens (including phenoxy) is 3. The van der Waals surface area contributed by atoms with E-state index in [1.54, 1.807) is 0 Å². The smallest absolute Gasteiger partial charge is 0.330 e. The van der Waals surface area contributed by atoms with Gasteiger partial charge in [0, 0.05) is 6.08 Å². The maximum Gasteiger partial charge on any atom is 0.330 e. The lowest BCUT2D eigenvalue weighted by Crippen LogP contribution is -2.24. The molecule has 1 saturated carbocycles. The molecule has 0 amide bonds. The topological polar surface area (TPSA) is 61.8 Å². The molecule has 0 unspecified atom stereocenters. The molecule has 1 aromatic carbocycles. The van der Waals surface area contributed by atoms with E-state index in [9.17, 15) is 9.59 Å². The lowest BCUT2D eigenvalue weighted by Gasteiger charge is -2.24. The fraction of sp³-hybridized carbons (Fsp3) is 0.655. The van der Waals surface area contributed by atoms with Crippen LogP contribution in [-0.4, -0.2) is 25.2 Å². The first kappa shape index (κ1) is 27.9. The van der Waals surface area contributed by atoms with Crippen LogP contribution in [0.15, 0.2) is 36.9 Å². The minimum absolute atomic E-state index is 0.0488. The van der Waals surface area contributed by atoms with Crippen LogP contribution in [0.25, 0.3) is 0 Å². The van der Waals surface area contributed by atoms with Crippen LogP contribution >= 0.6 is 0 Å². The first-order valence-corrected chi connectivity index (χ1v) is 13.3. The van der Waals surface area contributed by atoms with Crippen molar-refractivity contribution in [2.24, 2.45) is 11.8 Å². The number of carbonyl (C=O) groups excluding carboxylic acids is 2. The van der Waals surface area contributed by atoms with E-state index >= 15 is 0 Å². The molecular formula is C29H44O5. The van der Waals surface area contributed by atoms with E-state index in [4.69, 9.17) is 14.2 Å².